The van der Waals surface area contributed by atoms with E-state index in [1.54, 1.807) is 7.05 Å². The van der Waals surface area contributed by atoms with Crippen molar-refractivity contribution in [3.8, 4) is 5.75 Å². The van der Waals surface area contributed by atoms with Gasteiger partial charge in [-0.25, -0.2) is 4.98 Å². The van der Waals surface area contributed by atoms with Gasteiger partial charge in [0.25, 0.3) is 0 Å². The quantitative estimate of drug-likeness (QED) is 0.605. The van der Waals surface area contributed by atoms with Crippen molar-refractivity contribution < 1.29 is 9.47 Å². The van der Waals surface area contributed by atoms with E-state index >= 15 is 0 Å². The van der Waals surface area contributed by atoms with Gasteiger partial charge in [-0.05, 0) is 17.7 Å². The van der Waals surface area contributed by atoms with Crippen LogP contribution in [0.1, 0.15) is 11.1 Å². The van der Waals surface area contributed by atoms with Gasteiger partial charge in [0.05, 0.1) is 19.8 Å². The number of ether oxygens (including phenoxy) is 2. The van der Waals surface area contributed by atoms with Crippen LogP contribution >= 0.6 is 0 Å². The first-order chi connectivity index (χ1) is 13.8. The topological polar surface area (TPSA) is 71.0 Å². The minimum absolute atomic E-state index is 0.123. The van der Waals surface area contributed by atoms with E-state index in [0.717, 1.165) is 55.8 Å². The molecule has 0 radical (unpaired) electrons. The number of morpholine rings is 1. The lowest BCUT2D eigenvalue weighted by atomic mass is 10.1. The molecule has 1 fully saturated rings. The van der Waals surface area contributed by atoms with E-state index in [0.29, 0.717) is 13.1 Å². The predicted octanol–water partition coefficient (Wildman–Crippen LogP) is 1.59. The van der Waals surface area contributed by atoms with Crippen LogP contribution in [0.25, 0.3) is 0 Å². The number of pyridine rings is 1. The maximum atomic E-state index is 5.99. The Morgan fingerprint density at radius 3 is 2.86 bits per heavy atom. The summed E-state index contributed by atoms with van der Waals surface area (Å²) < 4.78 is 11.4. The molecule has 148 valence electrons. The molecular formula is C21H27N5O2. The number of rotatable bonds is 5. The molecule has 0 aliphatic carbocycles. The lowest BCUT2D eigenvalue weighted by Crippen LogP contribution is -2.42. The van der Waals surface area contributed by atoms with Crippen molar-refractivity contribution in [3.05, 3.63) is 53.7 Å². The number of aliphatic imine (C=N–C) groups is 1. The van der Waals surface area contributed by atoms with Crippen molar-refractivity contribution in [1.82, 2.24) is 15.6 Å². The number of anilines is 1. The van der Waals surface area contributed by atoms with Crippen LogP contribution in [0.2, 0.25) is 0 Å². The third-order valence-corrected chi connectivity index (χ3v) is 5.06. The van der Waals surface area contributed by atoms with Crippen molar-refractivity contribution in [2.24, 2.45) is 4.99 Å². The molecule has 3 heterocycles. The molecule has 0 spiro atoms. The van der Waals surface area contributed by atoms with Gasteiger partial charge in [-0.3, -0.25) is 4.99 Å². The molecule has 1 aromatic heterocycles. The molecular weight excluding hydrogens is 354 g/mol. The summed E-state index contributed by atoms with van der Waals surface area (Å²) in [4.78, 5) is 11.2. The van der Waals surface area contributed by atoms with Gasteiger partial charge in [0.2, 0.25) is 0 Å². The van der Waals surface area contributed by atoms with E-state index in [4.69, 9.17) is 9.47 Å². The van der Waals surface area contributed by atoms with Crippen molar-refractivity contribution in [1.29, 1.82) is 0 Å². The standard InChI is InChI=1S/C21H27N5O2/c1-22-21(25-15-18-13-16-5-2-3-7-19(16)28-18)24-14-17-6-4-8-23-20(17)26-9-11-27-12-10-26/h2-8,18H,9-15H2,1H3,(H2,22,24,25). The SMILES string of the molecule is CN=C(NCc1cccnc1N1CCOCC1)NCC1Cc2ccccc2O1. The Morgan fingerprint density at radius 1 is 1.18 bits per heavy atom. The van der Waals surface area contributed by atoms with Gasteiger partial charge < -0.3 is 25.0 Å². The van der Waals surface area contributed by atoms with Gasteiger partial charge in [-0.2, -0.15) is 0 Å². The van der Waals surface area contributed by atoms with Gasteiger partial charge >= 0.3 is 0 Å². The van der Waals surface area contributed by atoms with E-state index in [-0.39, 0.29) is 6.10 Å². The van der Waals surface area contributed by atoms with E-state index < -0.39 is 0 Å². The first-order valence-electron chi connectivity index (χ1n) is 9.79. The minimum atomic E-state index is 0.123. The Balaban J connectivity index is 1.30. The molecule has 2 aliphatic rings. The Bertz CT molecular complexity index is 795. The summed E-state index contributed by atoms with van der Waals surface area (Å²) in [6.07, 6.45) is 2.89. The van der Waals surface area contributed by atoms with Crippen LogP contribution < -0.4 is 20.3 Å². The highest BCUT2D eigenvalue weighted by molar-refractivity contribution is 5.79. The Labute approximate surface area is 165 Å². The maximum absolute atomic E-state index is 5.99. The Hall–Kier alpha value is -2.80. The van der Waals surface area contributed by atoms with Gasteiger partial charge in [0.15, 0.2) is 5.96 Å². The van der Waals surface area contributed by atoms with Crippen LogP contribution in [0.4, 0.5) is 5.82 Å². The molecule has 28 heavy (non-hydrogen) atoms. The first-order valence-corrected chi connectivity index (χ1v) is 9.79. The average Bonchev–Trinajstić information content (AvgIpc) is 3.18. The molecule has 2 aromatic rings. The molecule has 0 bridgehead atoms. The number of nitrogens with zero attached hydrogens (tertiary/aromatic N) is 3. The zero-order chi connectivity index (χ0) is 19.2. The summed E-state index contributed by atoms with van der Waals surface area (Å²) in [5.41, 5.74) is 2.42. The summed E-state index contributed by atoms with van der Waals surface area (Å²) in [6, 6.07) is 12.3. The molecule has 1 unspecified atom stereocenters. The zero-order valence-corrected chi connectivity index (χ0v) is 16.2. The third kappa shape index (κ3) is 4.36. The lowest BCUT2D eigenvalue weighted by molar-refractivity contribution is 0.122. The maximum Gasteiger partial charge on any atom is 0.191 e. The highest BCUT2D eigenvalue weighted by atomic mass is 16.5. The highest BCUT2D eigenvalue weighted by Crippen LogP contribution is 2.27. The number of para-hydroxylation sites is 1. The van der Waals surface area contributed by atoms with Crippen molar-refractivity contribution >= 4 is 11.8 Å². The van der Waals surface area contributed by atoms with Gasteiger partial charge in [0.1, 0.15) is 17.7 Å². The summed E-state index contributed by atoms with van der Waals surface area (Å²) in [5, 5.41) is 6.77. The van der Waals surface area contributed by atoms with E-state index in [9.17, 15) is 0 Å². The second kappa shape index (κ2) is 8.93. The molecule has 7 heteroatoms. The number of hydrogen-bond donors (Lipinski definition) is 2. The summed E-state index contributed by atoms with van der Waals surface area (Å²) in [5.74, 6) is 2.77. The van der Waals surface area contributed by atoms with Crippen LogP contribution in [-0.2, 0) is 17.7 Å². The molecule has 7 nitrogen and oxygen atoms in total. The second-order valence-electron chi connectivity index (χ2n) is 6.94. The number of nitrogens with one attached hydrogen (secondary N) is 2. The van der Waals surface area contributed by atoms with Crippen molar-refractivity contribution in [2.45, 2.75) is 19.1 Å². The smallest absolute Gasteiger partial charge is 0.191 e. The molecule has 4 rings (SSSR count). The van der Waals surface area contributed by atoms with Crippen LogP contribution in [0.3, 0.4) is 0 Å². The largest absolute Gasteiger partial charge is 0.488 e. The lowest BCUT2D eigenvalue weighted by Gasteiger charge is -2.29. The van der Waals surface area contributed by atoms with E-state index in [1.165, 1.54) is 5.56 Å². The van der Waals surface area contributed by atoms with Crippen LogP contribution in [0.5, 0.6) is 5.75 Å². The van der Waals surface area contributed by atoms with Crippen LogP contribution in [0, 0.1) is 0 Å². The van der Waals surface area contributed by atoms with Crippen LogP contribution in [0.15, 0.2) is 47.6 Å². The third-order valence-electron chi connectivity index (χ3n) is 5.06. The summed E-state index contributed by atoms with van der Waals surface area (Å²) in [7, 11) is 1.78. The molecule has 1 aromatic carbocycles. The minimum Gasteiger partial charge on any atom is -0.488 e. The molecule has 1 saturated heterocycles. The van der Waals surface area contributed by atoms with Gasteiger partial charge in [-0.1, -0.05) is 24.3 Å². The molecule has 0 saturated carbocycles. The summed E-state index contributed by atoms with van der Waals surface area (Å²) >= 11 is 0. The number of aromatic nitrogens is 1. The predicted molar refractivity (Wildman–Crippen MR) is 110 cm³/mol. The van der Waals surface area contributed by atoms with Crippen LogP contribution in [-0.4, -0.2) is 56.9 Å². The van der Waals surface area contributed by atoms with Crippen molar-refractivity contribution in [2.75, 3.05) is 44.8 Å². The zero-order valence-electron chi connectivity index (χ0n) is 16.2. The summed E-state index contributed by atoms with van der Waals surface area (Å²) in [6.45, 7) is 4.60. The second-order valence-corrected chi connectivity index (χ2v) is 6.94. The number of fused-ring (bicyclic) bond motifs is 1. The molecule has 2 aliphatic heterocycles. The fourth-order valence-corrected chi connectivity index (χ4v) is 3.61. The fourth-order valence-electron chi connectivity index (χ4n) is 3.61. The van der Waals surface area contributed by atoms with Crippen molar-refractivity contribution in [3.63, 3.8) is 0 Å². The van der Waals surface area contributed by atoms with Gasteiger partial charge in [-0.15, -0.1) is 0 Å². The molecule has 1 atom stereocenters. The first kappa shape index (κ1) is 18.6. The number of guanidine groups is 1. The fraction of sp³-hybridized carbons (Fsp3) is 0.429. The highest BCUT2D eigenvalue weighted by Gasteiger charge is 2.22. The monoisotopic (exact) mass is 381 g/mol. The molecule has 0 amide bonds. The van der Waals surface area contributed by atoms with Gasteiger partial charge in [0, 0.05) is 44.9 Å². The molecule has 2 N–H and O–H groups in total. The Morgan fingerprint density at radius 2 is 2.04 bits per heavy atom. The number of hydrogen-bond acceptors (Lipinski definition) is 5. The normalized spacial score (nSPS) is 19.1. The Kier molecular flexibility index (Phi) is 5.92. The number of benzene rings is 1. The average molecular weight is 381 g/mol. The van der Waals surface area contributed by atoms with E-state index in [2.05, 4.69) is 43.7 Å². The van der Waals surface area contributed by atoms with E-state index in [1.807, 2.05) is 24.4 Å².